The molecule has 0 bridgehead atoms. The Labute approximate surface area is 99.9 Å². The summed E-state index contributed by atoms with van der Waals surface area (Å²) in [7, 11) is 1.59. The molecule has 4 heteroatoms. The van der Waals surface area contributed by atoms with Crippen molar-refractivity contribution in [1.82, 2.24) is 0 Å². The number of hydrogen-bond acceptors (Lipinski definition) is 4. The molecule has 2 rings (SSSR count). The monoisotopic (exact) mass is 230 g/mol. The number of benzene rings is 2. The molecular formula is C13H14N2O2. The first-order valence-corrected chi connectivity index (χ1v) is 5.21. The van der Waals surface area contributed by atoms with E-state index in [1.165, 1.54) is 0 Å². The molecule has 0 aliphatic heterocycles. The van der Waals surface area contributed by atoms with Crippen LogP contribution in [0.2, 0.25) is 0 Å². The summed E-state index contributed by atoms with van der Waals surface area (Å²) < 4.78 is 10.9. The number of para-hydroxylation sites is 1. The average molecular weight is 230 g/mol. The number of ether oxygens (including phenoxy) is 2. The van der Waals surface area contributed by atoms with E-state index < -0.39 is 0 Å². The van der Waals surface area contributed by atoms with Crippen LogP contribution in [0.1, 0.15) is 0 Å². The highest BCUT2D eigenvalue weighted by Gasteiger charge is 2.04. The third-order valence-electron chi connectivity index (χ3n) is 2.31. The van der Waals surface area contributed by atoms with Crippen LogP contribution < -0.4 is 20.7 Å². The molecule has 0 heterocycles. The maximum atomic E-state index is 5.67. The molecule has 0 fully saturated rings. The van der Waals surface area contributed by atoms with Gasteiger partial charge >= 0.3 is 0 Å². The SMILES string of the molecule is COc1cc(Oc2ccccc2)ccc1NN. The second-order valence-corrected chi connectivity index (χ2v) is 3.42. The summed E-state index contributed by atoms with van der Waals surface area (Å²) in [4.78, 5) is 0. The molecule has 2 aromatic carbocycles. The zero-order valence-corrected chi connectivity index (χ0v) is 9.51. The molecule has 0 atom stereocenters. The smallest absolute Gasteiger partial charge is 0.146 e. The molecule has 0 radical (unpaired) electrons. The number of nitrogen functional groups attached to an aromatic ring is 1. The Morgan fingerprint density at radius 1 is 1.00 bits per heavy atom. The fraction of sp³-hybridized carbons (Fsp3) is 0.0769. The fourth-order valence-corrected chi connectivity index (χ4v) is 1.48. The third-order valence-corrected chi connectivity index (χ3v) is 2.31. The average Bonchev–Trinajstić information content (AvgIpc) is 2.40. The van der Waals surface area contributed by atoms with Gasteiger partial charge in [-0.3, -0.25) is 5.84 Å². The Bertz CT molecular complexity index is 486. The molecule has 17 heavy (non-hydrogen) atoms. The number of nitrogens with one attached hydrogen (secondary N) is 1. The van der Waals surface area contributed by atoms with Crippen molar-refractivity contribution in [2.75, 3.05) is 12.5 Å². The zero-order valence-electron chi connectivity index (χ0n) is 9.51. The van der Waals surface area contributed by atoms with Gasteiger partial charge in [-0.1, -0.05) is 18.2 Å². The lowest BCUT2D eigenvalue weighted by molar-refractivity contribution is 0.410. The first kappa shape index (κ1) is 11.3. The van der Waals surface area contributed by atoms with Crippen LogP contribution in [0.15, 0.2) is 48.5 Å². The minimum absolute atomic E-state index is 0.640. The van der Waals surface area contributed by atoms with Gasteiger partial charge in [-0.15, -0.1) is 0 Å². The highest BCUT2D eigenvalue weighted by Crippen LogP contribution is 2.30. The van der Waals surface area contributed by atoms with E-state index in [0.717, 1.165) is 5.75 Å². The van der Waals surface area contributed by atoms with Crippen molar-refractivity contribution >= 4 is 5.69 Å². The van der Waals surface area contributed by atoms with Crippen molar-refractivity contribution in [2.45, 2.75) is 0 Å². The largest absolute Gasteiger partial charge is 0.494 e. The van der Waals surface area contributed by atoms with E-state index in [4.69, 9.17) is 15.3 Å². The second kappa shape index (κ2) is 5.23. The lowest BCUT2D eigenvalue weighted by atomic mass is 10.2. The number of rotatable bonds is 4. The van der Waals surface area contributed by atoms with Crippen LogP contribution in [-0.2, 0) is 0 Å². The van der Waals surface area contributed by atoms with Crippen molar-refractivity contribution in [1.29, 1.82) is 0 Å². The minimum Gasteiger partial charge on any atom is -0.494 e. The Balaban J connectivity index is 2.22. The summed E-state index contributed by atoms with van der Waals surface area (Å²) in [6, 6.07) is 15.0. The number of methoxy groups -OCH3 is 1. The molecule has 0 spiro atoms. The minimum atomic E-state index is 0.640. The molecule has 2 aromatic rings. The molecule has 0 aliphatic rings. The highest BCUT2D eigenvalue weighted by molar-refractivity contribution is 5.58. The van der Waals surface area contributed by atoms with E-state index in [-0.39, 0.29) is 0 Å². The predicted molar refractivity (Wildman–Crippen MR) is 67.3 cm³/mol. The molecule has 0 amide bonds. The number of hydrogen-bond donors (Lipinski definition) is 2. The lowest BCUT2D eigenvalue weighted by Gasteiger charge is -2.10. The van der Waals surface area contributed by atoms with E-state index in [1.54, 1.807) is 19.2 Å². The van der Waals surface area contributed by atoms with Crippen molar-refractivity contribution < 1.29 is 9.47 Å². The highest BCUT2D eigenvalue weighted by atomic mass is 16.5. The second-order valence-electron chi connectivity index (χ2n) is 3.42. The molecule has 0 saturated carbocycles. The molecule has 0 aromatic heterocycles. The topological polar surface area (TPSA) is 56.5 Å². The fourth-order valence-electron chi connectivity index (χ4n) is 1.48. The summed E-state index contributed by atoms with van der Waals surface area (Å²) >= 11 is 0. The van der Waals surface area contributed by atoms with Gasteiger partial charge in [0.1, 0.15) is 17.2 Å². The molecule has 88 valence electrons. The van der Waals surface area contributed by atoms with Crippen LogP contribution in [0, 0.1) is 0 Å². The first-order valence-electron chi connectivity index (χ1n) is 5.21. The van der Waals surface area contributed by atoms with Crippen LogP contribution in [0.5, 0.6) is 17.2 Å². The summed E-state index contributed by atoms with van der Waals surface area (Å²) in [6.07, 6.45) is 0. The molecule has 0 aliphatic carbocycles. The van der Waals surface area contributed by atoms with Crippen LogP contribution in [0.3, 0.4) is 0 Å². The Morgan fingerprint density at radius 2 is 1.76 bits per heavy atom. The lowest BCUT2D eigenvalue weighted by Crippen LogP contribution is -2.07. The normalized spacial score (nSPS) is 9.76. The van der Waals surface area contributed by atoms with E-state index in [1.807, 2.05) is 36.4 Å². The van der Waals surface area contributed by atoms with Crippen LogP contribution >= 0.6 is 0 Å². The molecule has 0 saturated heterocycles. The summed E-state index contributed by atoms with van der Waals surface area (Å²) in [5.41, 5.74) is 3.27. The Kier molecular flexibility index (Phi) is 3.47. The summed E-state index contributed by atoms with van der Waals surface area (Å²) in [5.74, 6) is 7.48. The van der Waals surface area contributed by atoms with Gasteiger partial charge in [0.25, 0.3) is 0 Å². The maximum absolute atomic E-state index is 5.67. The number of nitrogens with two attached hydrogens (primary N) is 1. The van der Waals surface area contributed by atoms with E-state index >= 15 is 0 Å². The maximum Gasteiger partial charge on any atom is 0.146 e. The Hall–Kier alpha value is -2.20. The summed E-state index contributed by atoms with van der Waals surface area (Å²) in [6.45, 7) is 0. The van der Waals surface area contributed by atoms with Gasteiger partial charge in [0.2, 0.25) is 0 Å². The van der Waals surface area contributed by atoms with Gasteiger partial charge < -0.3 is 14.9 Å². The van der Waals surface area contributed by atoms with Crippen LogP contribution in [-0.4, -0.2) is 7.11 Å². The van der Waals surface area contributed by atoms with Gasteiger partial charge in [0, 0.05) is 6.07 Å². The van der Waals surface area contributed by atoms with Gasteiger partial charge in [0.05, 0.1) is 12.8 Å². The van der Waals surface area contributed by atoms with Crippen molar-refractivity contribution in [2.24, 2.45) is 5.84 Å². The van der Waals surface area contributed by atoms with Gasteiger partial charge in [-0.05, 0) is 24.3 Å². The van der Waals surface area contributed by atoms with Crippen LogP contribution in [0.25, 0.3) is 0 Å². The first-order chi connectivity index (χ1) is 8.33. The number of hydrazine groups is 1. The van der Waals surface area contributed by atoms with Crippen molar-refractivity contribution in [3.8, 4) is 17.2 Å². The quantitative estimate of drug-likeness (QED) is 0.626. The molecular weight excluding hydrogens is 216 g/mol. The zero-order chi connectivity index (χ0) is 12.1. The summed E-state index contributed by atoms with van der Waals surface area (Å²) in [5, 5.41) is 0. The molecule has 0 unspecified atom stereocenters. The van der Waals surface area contributed by atoms with Crippen LogP contribution in [0.4, 0.5) is 5.69 Å². The van der Waals surface area contributed by atoms with Gasteiger partial charge in [0.15, 0.2) is 0 Å². The third kappa shape index (κ3) is 2.68. The standard InChI is InChI=1S/C13H14N2O2/c1-16-13-9-11(7-8-12(13)15-14)17-10-5-3-2-4-6-10/h2-9,15H,14H2,1H3. The van der Waals surface area contributed by atoms with Gasteiger partial charge in [-0.2, -0.15) is 0 Å². The van der Waals surface area contributed by atoms with E-state index in [2.05, 4.69) is 5.43 Å². The van der Waals surface area contributed by atoms with Gasteiger partial charge in [-0.25, -0.2) is 0 Å². The van der Waals surface area contributed by atoms with Crippen molar-refractivity contribution in [3.05, 3.63) is 48.5 Å². The van der Waals surface area contributed by atoms with E-state index in [9.17, 15) is 0 Å². The molecule has 3 N–H and O–H groups in total. The predicted octanol–water partition coefficient (Wildman–Crippen LogP) is 2.77. The van der Waals surface area contributed by atoms with E-state index in [0.29, 0.717) is 17.2 Å². The number of anilines is 1. The molecule has 4 nitrogen and oxygen atoms in total. The van der Waals surface area contributed by atoms with Crippen molar-refractivity contribution in [3.63, 3.8) is 0 Å². The Morgan fingerprint density at radius 3 is 2.41 bits per heavy atom.